The summed E-state index contributed by atoms with van der Waals surface area (Å²) in [4.78, 5) is 47.4. The number of rotatable bonds is 16. The summed E-state index contributed by atoms with van der Waals surface area (Å²) in [5.74, 6) is -1.42. The Hall–Kier alpha value is -4.59. The minimum Gasteiger partial charge on any atom is -0.368 e. The van der Waals surface area contributed by atoms with Crippen molar-refractivity contribution in [3.8, 4) is 0 Å². The molecule has 0 saturated carbocycles. The zero-order valence-corrected chi connectivity index (χ0v) is 32.6. The highest BCUT2D eigenvalue weighted by Crippen LogP contribution is 2.47. The summed E-state index contributed by atoms with van der Waals surface area (Å²) >= 11 is 0. The standard InChI is InChI=1S/C35H47N7O10S2/c1-6-41-28(35(4,5)25-17-23(19-36-32(25)41)37-21-53(46,47)48)12-10-11-27-34(2,3)26-18-24(38-22-54(49,50)51)20-40(33(26)39-27)16-9-7-8-13-31(45)52-42-29(43)14-15-30(42)44/h10-12,17-20,27,37-38H,6-9,13-16,21-22H2,1-5H3,(H2,46,47,48,49,50,51)/p+1/b11-10+,28-12-. The van der Waals surface area contributed by atoms with E-state index >= 15 is 0 Å². The SMILES string of the molecule is CCN1/C(=C\C=C\C2Nc3c(cc(NCS(=O)(=O)O)c[n+]3CCCCCC(=O)ON3C(=O)CCC3=O)C2(C)C)C(C)(C)c2cc(NCS(=O)(=O)O)cnc21. The number of nitrogens with one attached hydrogen (secondary N) is 3. The van der Waals surface area contributed by atoms with E-state index in [1.54, 1.807) is 6.20 Å². The highest BCUT2D eigenvalue weighted by Gasteiger charge is 2.46. The minimum atomic E-state index is -4.29. The van der Waals surface area contributed by atoms with E-state index in [0.29, 0.717) is 48.8 Å². The fourth-order valence-electron chi connectivity index (χ4n) is 6.93. The number of aryl methyl sites for hydroxylation is 1. The molecule has 5 rings (SSSR count). The van der Waals surface area contributed by atoms with Crippen LogP contribution in [0.15, 0.2) is 48.5 Å². The lowest BCUT2D eigenvalue weighted by Gasteiger charge is -2.25. The Labute approximate surface area is 315 Å². The molecule has 5 heterocycles. The van der Waals surface area contributed by atoms with Crippen LogP contribution < -0.4 is 25.4 Å². The fraction of sp³-hybridized carbons (Fsp3) is 0.514. The second kappa shape index (κ2) is 15.6. The first-order valence-corrected chi connectivity index (χ1v) is 20.9. The Balaban J connectivity index is 1.31. The Bertz CT molecular complexity index is 2080. The summed E-state index contributed by atoms with van der Waals surface area (Å²) in [5.41, 5.74) is 2.82. The Morgan fingerprint density at radius 2 is 1.63 bits per heavy atom. The second-order valence-electron chi connectivity index (χ2n) is 14.6. The zero-order valence-electron chi connectivity index (χ0n) is 31.0. The van der Waals surface area contributed by atoms with Crippen LogP contribution in [0.4, 0.5) is 23.0 Å². The Morgan fingerprint density at radius 1 is 1.00 bits per heavy atom. The molecule has 1 unspecified atom stereocenters. The molecule has 2 amide bonds. The number of anilines is 4. The molecule has 5 N–H and O–H groups in total. The number of imide groups is 1. The lowest BCUT2D eigenvalue weighted by Crippen LogP contribution is -2.37. The average molecular weight is 791 g/mol. The van der Waals surface area contributed by atoms with E-state index in [2.05, 4.69) is 59.6 Å². The van der Waals surface area contributed by atoms with Crippen molar-refractivity contribution in [3.63, 3.8) is 0 Å². The lowest BCUT2D eigenvalue weighted by molar-refractivity contribution is -0.683. The summed E-state index contributed by atoms with van der Waals surface area (Å²) in [6.07, 6.45) is 11.2. The van der Waals surface area contributed by atoms with Crippen molar-refractivity contribution in [1.29, 1.82) is 0 Å². The third-order valence-corrected chi connectivity index (χ3v) is 10.9. The maximum absolute atomic E-state index is 12.2. The summed E-state index contributed by atoms with van der Waals surface area (Å²) in [6, 6.07) is 3.52. The predicted molar refractivity (Wildman–Crippen MR) is 200 cm³/mol. The third kappa shape index (κ3) is 9.19. The third-order valence-electron chi connectivity index (χ3n) is 9.90. The van der Waals surface area contributed by atoms with Gasteiger partial charge >= 0.3 is 5.97 Å². The minimum absolute atomic E-state index is 0.0256. The number of hydroxylamine groups is 2. The first kappa shape index (κ1) is 40.6. The highest BCUT2D eigenvalue weighted by atomic mass is 32.2. The molecule has 3 aliphatic heterocycles. The molecule has 1 saturated heterocycles. The van der Waals surface area contributed by atoms with Crippen LogP contribution >= 0.6 is 0 Å². The molecule has 1 atom stereocenters. The van der Waals surface area contributed by atoms with Gasteiger partial charge in [-0.1, -0.05) is 33.8 Å². The van der Waals surface area contributed by atoms with E-state index in [1.165, 1.54) is 6.20 Å². The van der Waals surface area contributed by atoms with Gasteiger partial charge in [0.25, 0.3) is 37.9 Å². The molecular weight excluding hydrogens is 743 g/mol. The van der Waals surface area contributed by atoms with Gasteiger partial charge in [0.1, 0.15) is 29.8 Å². The number of hydrogen-bond acceptors (Lipinski definition) is 13. The number of amides is 2. The van der Waals surface area contributed by atoms with E-state index in [9.17, 15) is 40.3 Å². The van der Waals surface area contributed by atoms with E-state index in [4.69, 9.17) is 4.84 Å². The normalized spacial score (nSPS) is 19.7. The average Bonchev–Trinajstić information content (AvgIpc) is 3.62. The maximum atomic E-state index is 12.2. The number of aromatic nitrogens is 2. The summed E-state index contributed by atoms with van der Waals surface area (Å²) in [6.45, 7) is 11.4. The number of fused-ring (bicyclic) bond motifs is 2. The molecule has 0 aliphatic carbocycles. The van der Waals surface area contributed by atoms with Crippen LogP contribution in [0.2, 0.25) is 0 Å². The first-order valence-electron chi connectivity index (χ1n) is 17.7. The molecule has 0 bridgehead atoms. The molecule has 0 spiro atoms. The van der Waals surface area contributed by atoms with Crippen LogP contribution in [0.1, 0.15) is 84.3 Å². The Morgan fingerprint density at radius 3 is 2.26 bits per heavy atom. The van der Waals surface area contributed by atoms with Gasteiger partial charge < -0.3 is 20.4 Å². The van der Waals surface area contributed by atoms with Gasteiger partial charge in [-0.25, -0.2) is 14.3 Å². The maximum Gasteiger partial charge on any atom is 0.333 e. The van der Waals surface area contributed by atoms with Crippen molar-refractivity contribution in [2.75, 3.05) is 39.1 Å². The van der Waals surface area contributed by atoms with Crippen LogP contribution in [-0.4, -0.2) is 78.1 Å². The molecule has 19 heteroatoms. The number of unbranched alkanes of at least 4 members (excludes halogenated alkanes) is 2. The van der Waals surface area contributed by atoms with E-state index in [0.717, 1.165) is 28.5 Å². The molecule has 1 fully saturated rings. The van der Waals surface area contributed by atoms with E-state index in [1.807, 2.05) is 35.8 Å². The molecule has 0 aromatic carbocycles. The summed E-state index contributed by atoms with van der Waals surface area (Å²) < 4.78 is 66.2. The fourth-order valence-corrected chi connectivity index (χ4v) is 7.63. The second-order valence-corrected chi connectivity index (χ2v) is 17.5. The molecule has 54 heavy (non-hydrogen) atoms. The number of carbonyl (C=O) groups excluding carboxylic acids is 3. The zero-order chi connectivity index (χ0) is 39.6. The smallest absolute Gasteiger partial charge is 0.333 e. The van der Waals surface area contributed by atoms with Gasteiger partial charge in [0.15, 0.2) is 0 Å². The molecule has 3 aliphatic rings. The van der Waals surface area contributed by atoms with Crippen LogP contribution in [0.25, 0.3) is 0 Å². The summed E-state index contributed by atoms with van der Waals surface area (Å²) in [5, 5.41) is 9.68. The predicted octanol–water partition coefficient (Wildman–Crippen LogP) is 3.38. The lowest BCUT2D eigenvalue weighted by atomic mass is 9.80. The van der Waals surface area contributed by atoms with Gasteiger partial charge in [0, 0.05) is 47.9 Å². The van der Waals surface area contributed by atoms with E-state index in [-0.39, 0.29) is 25.3 Å². The number of hydrogen-bond donors (Lipinski definition) is 5. The van der Waals surface area contributed by atoms with Gasteiger partial charge in [-0.2, -0.15) is 16.8 Å². The molecular formula is C35H48N7O10S2+. The van der Waals surface area contributed by atoms with Gasteiger partial charge in [0.2, 0.25) is 0 Å². The van der Waals surface area contributed by atoms with Gasteiger partial charge in [-0.3, -0.25) is 24.0 Å². The van der Waals surface area contributed by atoms with Crippen molar-refractivity contribution in [1.82, 2.24) is 10.0 Å². The molecule has 294 valence electrons. The number of allylic oxidation sites excluding steroid dienone is 3. The van der Waals surface area contributed by atoms with Crippen LogP contribution in [0, 0.1) is 0 Å². The van der Waals surface area contributed by atoms with Crippen molar-refractivity contribution in [3.05, 3.63) is 59.6 Å². The van der Waals surface area contributed by atoms with Crippen LogP contribution in [-0.2, 0) is 56.8 Å². The van der Waals surface area contributed by atoms with Crippen molar-refractivity contribution >= 4 is 61.0 Å². The first-order chi connectivity index (χ1) is 25.2. The van der Waals surface area contributed by atoms with Crippen molar-refractivity contribution < 1.29 is 49.7 Å². The van der Waals surface area contributed by atoms with Crippen LogP contribution in [0.5, 0.6) is 0 Å². The number of pyridine rings is 2. The Kier molecular flexibility index (Phi) is 11.8. The molecule has 2 aromatic heterocycles. The van der Waals surface area contributed by atoms with Crippen LogP contribution in [0.3, 0.4) is 0 Å². The quantitative estimate of drug-likeness (QED) is 0.0711. The van der Waals surface area contributed by atoms with Crippen molar-refractivity contribution in [2.45, 2.75) is 96.6 Å². The molecule has 2 aromatic rings. The van der Waals surface area contributed by atoms with Crippen molar-refractivity contribution in [2.24, 2.45) is 0 Å². The number of carbonyl (C=O) groups is 3. The largest absolute Gasteiger partial charge is 0.368 e. The molecule has 17 nitrogen and oxygen atoms in total. The summed E-state index contributed by atoms with van der Waals surface area (Å²) in [7, 11) is -8.51. The van der Waals surface area contributed by atoms with Gasteiger partial charge in [-0.15, -0.1) is 5.06 Å². The van der Waals surface area contributed by atoms with Gasteiger partial charge in [0.05, 0.1) is 29.7 Å². The molecule has 0 radical (unpaired) electrons. The topological polar surface area (TPSA) is 229 Å². The van der Waals surface area contributed by atoms with E-state index < -0.39 is 60.6 Å². The number of likely N-dealkylation sites (N-methyl/N-ethyl adjacent to an activating group) is 1. The number of nitrogens with zero attached hydrogens (tertiary/aromatic N) is 4. The monoisotopic (exact) mass is 790 g/mol. The van der Waals surface area contributed by atoms with Gasteiger partial charge in [-0.05, 0) is 50.5 Å². The highest BCUT2D eigenvalue weighted by molar-refractivity contribution is 7.86.